The lowest BCUT2D eigenvalue weighted by atomic mass is 9.98. The molecule has 1 aliphatic heterocycles. The van der Waals surface area contributed by atoms with Crippen molar-refractivity contribution in [3.8, 4) is 18.1 Å². The Morgan fingerprint density at radius 2 is 1.94 bits per heavy atom. The van der Waals surface area contributed by atoms with E-state index in [0.29, 0.717) is 29.3 Å². The van der Waals surface area contributed by atoms with Crippen LogP contribution in [0.1, 0.15) is 19.8 Å². The molecule has 10 heteroatoms. The third-order valence-corrected chi connectivity index (χ3v) is 8.88. The highest BCUT2D eigenvalue weighted by Gasteiger charge is 2.32. The van der Waals surface area contributed by atoms with Crippen LogP contribution in [0.15, 0.2) is 52.4 Å². The van der Waals surface area contributed by atoms with E-state index >= 15 is 0 Å². The summed E-state index contributed by atoms with van der Waals surface area (Å²) in [6.07, 6.45) is 6.37. The fraction of sp³-hybridized carbons (Fsp3) is 0.333. The Labute approximate surface area is 207 Å². The number of amides is 1. The number of hydrogen-bond donors (Lipinski definition) is 0. The first-order chi connectivity index (χ1) is 16.3. The quantitative estimate of drug-likeness (QED) is 0.464. The number of fused-ring (bicyclic) bond motifs is 1. The summed E-state index contributed by atoms with van der Waals surface area (Å²) in [7, 11) is -3.63. The molecule has 1 amide bonds. The summed E-state index contributed by atoms with van der Waals surface area (Å²) in [4.78, 5) is 18.1. The number of sulfonamides is 1. The fourth-order valence-corrected chi connectivity index (χ4v) is 6.58. The van der Waals surface area contributed by atoms with Gasteiger partial charge < -0.3 is 9.30 Å². The second kappa shape index (κ2) is 10.3. The van der Waals surface area contributed by atoms with Gasteiger partial charge in [-0.25, -0.2) is 8.42 Å². The zero-order valence-corrected chi connectivity index (χ0v) is 21.0. The first-order valence-electron chi connectivity index (χ1n) is 10.9. The predicted octanol–water partition coefficient (Wildman–Crippen LogP) is 3.92. The molecule has 2 aromatic carbocycles. The van der Waals surface area contributed by atoms with Gasteiger partial charge in [-0.15, -0.1) is 6.42 Å². The minimum absolute atomic E-state index is 0.193. The number of hydrogen-bond acceptors (Lipinski definition) is 5. The Bertz CT molecular complexity index is 1410. The number of thiazole rings is 1. The second-order valence-corrected chi connectivity index (χ2v) is 11.2. The van der Waals surface area contributed by atoms with E-state index in [0.717, 1.165) is 16.0 Å². The lowest BCUT2D eigenvalue weighted by Gasteiger charge is -2.29. The maximum Gasteiger partial charge on any atom is 0.251 e. The van der Waals surface area contributed by atoms with E-state index in [1.165, 1.54) is 27.8 Å². The Morgan fingerprint density at radius 1 is 1.24 bits per heavy atom. The Hall–Kier alpha value is -2.64. The highest BCUT2D eigenvalue weighted by atomic mass is 35.5. The molecule has 0 saturated carbocycles. The molecule has 4 rings (SSSR count). The van der Waals surface area contributed by atoms with Crippen LogP contribution in [-0.2, 0) is 21.4 Å². The van der Waals surface area contributed by atoms with E-state index in [1.54, 1.807) is 12.1 Å². The molecule has 1 aliphatic rings. The lowest BCUT2D eigenvalue weighted by molar-refractivity contribution is -0.122. The van der Waals surface area contributed by atoms with Gasteiger partial charge in [-0.05, 0) is 62.2 Å². The predicted molar refractivity (Wildman–Crippen MR) is 133 cm³/mol. The molecule has 34 heavy (non-hydrogen) atoms. The lowest BCUT2D eigenvalue weighted by Crippen LogP contribution is -2.40. The maximum absolute atomic E-state index is 13.0. The molecule has 1 saturated heterocycles. The van der Waals surface area contributed by atoms with Crippen molar-refractivity contribution in [2.75, 3.05) is 19.7 Å². The van der Waals surface area contributed by atoms with Crippen molar-refractivity contribution in [3.05, 3.63) is 52.3 Å². The molecule has 1 fully saturated rings. The highest BCUT2D eigenvalue weighted by Crippen LogP contribution is 2.26. The average molecular weight is 518 g/mol. The molecule has 7 nitrogen and oxygen atoms in total. The number of aromatic nitrogens is 1. The molecular formula is C24H24ClN3O4S2. The van der Waals surface area contributed by atoms with Gasteiger partial charge in [-0.2, -0.15) is 9.30 Å². The van der Waals surface area contributed by atoms with Crippen LogP contribution in [0.2, 0.25) is 5.02 Å². The monoisotopic (exact) mass is 517 g/mol. The number of nitrogens with zero attached hydrogens (tertiary/aromatic N) is 3. The van der Waals surface area contributed by atoms with Crippen molar-refractivity contribution < 1.29 is 17.9 Å². The van der Waals surface area contributed by atoms with Crippen LogP contribution >= 0.6 is 22.9 Å². The van der Waals surface area contributed by atoms with Gasteiger partial charge in [0.2, 0.25) is 10.0 Å². The number of carbonyl (C=O) groups excluding carboxylic acids is 1. The number of rotatable bonds is 6. The Morgan fingerprint density at radius 3 is 2.59 bits per heavy atom. The van der Waals surface area contributed by atoms with Gasteiger partial charge in [0.15, 0.2) is 4.80 Å². The fourth-order valence-electron chi connectivity index (χ4n) is 3.92. The minimum atomic E-state index is -3.63. The Kier molecular flexibility index (Phi) is 7.43. The first kappa shape index (κ1) is 24.5. The molecule has 0 bridgehead atoms. The normalized spacial score (nSPS) is 16.0. The van der Waals surface area contributed by atoms with Crippen LogP contribution < -0.4 is 9.54 Å². The second-order valence-electron chi connectivity index (χ2n) is 7.82. The first-order valence-corrected chi connectivity index (χ1v) is 13.5. The molecule has 2 heterocycles. The van der Waals surface area contributed by atoms with Gasteiger partial charge in [0.05, 0.1) is 28.3 Å². The van der Waals surface area contributed by atoms with Gasteiger partial charge >= 0.3 is 0 Å². The van der Waals surface area contributed by atoms with E-state index in [4.69, 9.17) is 22.8 Å². The SMILES string of the molecule is C#CCn1c(=NC(=O)C2CCN(S(=O)(=O)c3ccc(Cl)cc3)CC2)sc2cc(OCC)ccc21. The van der Waals surface area contributed by atoms with E-state index in [2.05, 4.69) is 10.9 Å². The van der Waals surface area contributed by atoms with Crippen LogP contribution in [0.25, 0.3) is 10.2 Å². The molecule has 0 spiro atoms. The highest BCUT2D eigenvalue weighted by molar-refractivity contribution is 7.89. The summed E-state index contributed by atoms with van der Waals surface area (Å²) in [6, 6.07) is 11.8. The summed E-state index contributed by atoms with van der Waals surface area (Å²) in [5, 5.41) is 0.474. The number of ether oxygens (including phenoxy) is 1. The number of piperidine rings is 1. The maximum atomic E-state index is 13.0. The number of terminal acetylenes is 1. The third-order valence-electron chi connectivity index (χ3n) is 5.68. The van der Waals surface area contributed by atoms with Gasteiger partial charge in [-0.3, -0.25) is 4.79 Å². The molecule has 0 atom stereocenters. The van der Waals surface area contributed by atoms with Crippen molar-refractivity contribution in [1.82, 2.24) is 8.87 Å². The van der Waals surface area contributed by atoms with Gasteiger partial charge in [-0.1, -0.05) is 28.9 Å². The molecule has 3 aromatic rings. The summed E-state index contributed by atoms with van der Waals surface area (Å²) in [5.41, 5.74) is 0.891. The zero-order chi connectivity index (χ0) is 24.3. The number of halogens is 1. The molecule has 0 N–H and O–H groups in total. The van der Waals surface area contributed by atoms with E-state index < -0.39 is 10.0 Å². The molecule has 0 unspecified atom stereocenters. The van der Waals surface area contributed by atoms with Crippen molar-refractivity contribution >= 4 is 49.1 Å². The van der Waals surface area contributed by atoms with Crippen LogP contribution in [0.4, 0.5) is 0 Å². The minimum Gasteiger partial charge on any atom is -0.494 e. The summed E-state index contributed by atoms with van der Waals surface area (Å²) >= 11 is 7.25. The molecule has 1 aromatic heterocycles. The number of carbonyl (C=O) groups is 1. The summed E-state index contributed by atoms with van der Waals surface area (Å²) in [5.74, 6) is 2.76. The smallest absolute Gasteiger partial charge is 0.251 e. The zero-order valence-electron chi connectivity index (χ0n) is 18.6. The van der Waals surface area contributed by atoms with Gasteiger partial charge in [0.1, 0.15) is 5.75 Å². The van der Waals surface area contributed by atoms with Crippen molar-refractivity contribution in [2.45, 2.75) is 31.2 Å². The Balaban J connectivity index is 1.53. The van der Waals surface area contributed by atoms with Gasteiger partial charge in [0, 0.05) is 24.0 Å². The number of benzene rings is 2. The average Bonchev–Trinajstić information content (AvgIpc) is 3.16. The van der Waals surface area contributed by atoms with Crippen LogP contribution in [0.5, 0.6) is 5.75 Å². The van der Waals surface area contributed by atoms with E-state index in [1.807, 2.05) is 29.7 Å². The van der Waals surface area contributed by atoms with E-state index in [9.17, 15) is 13.2 Å². The van der Waals surface area contributed by atoms with Crippen LogP contribution in [-0.4, -0.2) is 42.9 Å². The van der Waals surface area contributed by atoms with Crippen molar-refractivity contribution in [2.24, 2.45) is 10.9 Å². The molecular weight excluding hydrogens is 494 g/mol. The topological polar surface area (TPSA) is 81.0 Å². The third kappa shape index (κ3) is 5.05. The van der Waals surface area contributed by atoms with E-state index in [-0.39, 0.29) is 36.4 Å². The van der Waals surface area contributed by atoms with Crippen molar-refractivity contribution in [3.63, 3.8) is 0 Å². The summed E-state index contributed by atoms with van der Waals surface area (Å²) < 4.78 is 35.6. The molecule has 0 aliphatic carbocycles. The van der Waals surface area contributed by atoms with Crippen molar-refractivity contribution in [1.29, 1.82) is 0 Å². The van der Waals surface area contributed by atoms with Crippen LogP contribution in [0.3, 0.4) is 0 Å². The van der Waals surface area contributed by atoms with Crippen LogP contribution in [0, 0.1) is 18.3 Å². The standard InChI is InChI=1S/C24H24ClN3O4S2/c1-3-13-28-21-10-7-19(32-4-2)16-22(21)33-24(28)26-23(29)17-11-14-27(15-12-17)34(30,31)20-8-5-18(25)6-9-20/h1,5-10,16-17H,4,11-15H2,2H3. The molecule has 178 valence electrons. The van der Waals surface area contributed by atoms with Gasteiger partial charge in [0.25, 0.3) is 5.91 Å². The molecule has 0 radical (unpaired) electrons. The summed E-state index contributed by atoms with van der Waals surface area (Å²) in [6.45, 7) is 3.28. The largest absolute Gasteiger partial charge is 0.494 e.